The molecule has 0 radical (unpaired) electrons. The van der Waals surface area contributed by atoms with E-state index in [1.165, 1.54) is 44.8 Å². The Morgan fingerprint density at radius 1 is 0.978 bits per heavy atom. The summed E-state index contributed by atoms with van der Waals surface area (Å²) in [6.45, 7) is 2.52. The fraction of sp³-hybridized carbons (Fsp3) is 0.258. The number of sulfonamides is 1. The van der Waals surface area contributed by atoms with E-state index in [-0.39, 0.29) is 35.3 Å². The number of carbonyl (C=O) groups is 2. The molecule has 1 N–H and O–H groups in total. The van der Waals surface area contributed by atoms with Crippen LogP contribution in [-0.2, 0) is 19.6 Å². The molecule has 232 valence electrons. The van der Waals surface area contributed by atoms with Crippen molar-refractivity contribution in [3.8, 4) is 17.0 Å². The van der Waals surface area contributed by atoms with Crippen LogP contribution in [0.25, 0.3) is 22.0 Å². The van der Waals surface area contributed by atoms with Gasteiger partial charge in [0.05, 0.1) is 12.6 Å². The number of allylic oxidation sites excluding steroid dienone is 1. The number of nitrogens with one attached hydrogen (secondary N) is 1. The largest absolute Gasteiger partial charge is 0.480 e. The van der Waals surface area contributed by atoms with Crippen LogP contribution in [0.3, 0.4) is 0 Å². The Balaban J connectivity index is 1.31. The van der Waals surface area contributed by atoms with Crippen molar-refractivity contribution >= 4 is 44.1 Å². The number of ether oxygens (including phenoxy) is 1. The summed E-state index contributed by atoms with van der Waals surface area (Å²) in [7, 11) is -3.14. The van der Waals surface area contributed by atoms with Crippen molar-refractivity contribution in [1.82, 2.24) is 19.9 Å². The van der Waals surface area contributed by atoms with Crippen LogP contribution in [0.2, 0.25) is 0 Å². The monoisotopic (exact) mass is 634 g/mol. The number of anilines is 2. The zero-order chi connectivity index (χ0) is 31.9. The lowest BCUT2D eigenvalue weighted by atomic mass is 10.0. The molecule has 6 rings (SSSR count). The second-order valence-electron chi connectivity index (χ2n) is 10.9. The molecule has 45 heavy (non-hydrogen) atoms. The van der Waals surface area contributed by atoms with Gasteiger partial charge in [0.2, 0.25) is 11.8 Å². The van der Waals surface area contributed by atoms with E-state index in [4.69, 9.17) is 4.74 Å². The Labute approximate surface area is 257 Å². The Hall–Kier alpha value is -4.98. The van der Waals surface area contributed by atoms with Crippen molar-refractivity contribution in [3.63, 3.8) is 0 Å². The number of benzene rings is 2. The first kappa shape index (κ1) is 30.1. The summed E-state index contributed by atoms with van der Waals surface area (Å²) in [6, 6.07) is 9.13. The van der Waals surface area contributed by atoms with Crippen molar-refractivity contribution in [1.29, 1.82) is 0 Å². The SMILES string of the molecule is COc1ncc(-c2ccc3ncnc(N4CC5CCC(C4)N5C(=O)/C=C/C(C)=O)c3c2)cc1NS(=O)(=O)c1ccc(F)cc1F. The molecule has 4 heterocycles. The van der Waals surface area contributed by atoms with Crippen molar-refractivity contribution in [2.75, 3.05) is 29.8 Å². The Morgan fingerprint density at radius 3 is 2.42 bits per heavy atom. The fourth-order valence-corrected chi connectivity index (χ4v) is 7.03. The minimum atomic E-state index is -4.46. The molecule has 0 saturated carbocycles. The maximum atomic E-state index is 14.3. The molecule has 0 spiro atoms. The number of nitrogens with zero attached hydrogens (tertiary/aromatic N) is 5. The predicted octanol–water partition coefficient (Wildman–Crippen LogP) is 4.10. The van der Waals surface area contributed by atoms with E-state index in [1.54, 1.807) is 0 Å². The van der Waals surface area contributed by atoms with Crippen molar-refractivity contribution in [2.24, 2.45) is 0 Å². The number of pyridine rings is 1. The Morgan fingerprint density at radius 2 is 1.73 bits per heavy atom. The third-order valence-electron chi connectivity index (χ3n) is 7.92. The van der Waals surface area contributed by atoms with Gasteiger partial charge in [-0.2, -0.15) is 0 Å². The van der Waals surface area contributed by atoms with Crippen LogP contribution in [0, 0.1) is 11.6 Å². The summed E-state index contributed by atoms with van der Waals surface area (Å²) in [5, 5.41) is 0.747. The average Bonchev–Trinajstić information content (AvgIpc) is 3.27. The molecule has 14 heteroatoms. The average molecular weight is 635 g/mol. The lowest BCUT2D eigenvalue weighted by Crippen LogP contribution is -2.55. The molecule has 2 fully saturated rings. The van der Waals surface area contributed by atoms with Gasteiger partial charge in [-0.1, -0.05) is 6.07 Å². The minimum Gasteiger partial charge on any atom is -0.480 e. The highest BCUT2D eigenvalue weighted by Crippen LogP contribution is 2.37. The number of hydrogen-bond donors (Lipinski definition) is 1. The molecule has 2 aromatic carbocycles. The topological polar surface area (TPSA) is 135 Å². The molecule has 2 unspecified atom stereocenters. The summed E-state index contributed by atoms with van der Waals surface area (Å²) in [6.07, 6.45) is 7.31. The van der Waals surface area contributed by atoms with Crippen molar-refractivity contribution < 1.29 is 31.5 Å². The number of methoxy groups -OCH3 is 1. The summed E-state index contributed by atoms with van der Waals surface area (Å²) in [5.74, 6) is -1.85. The van der Waals surface area contributed by atoms with Crippen LogP contribution in [0.5, 0.6) is 5.88 Å². The molecule has 2 bridgehead atoms. The summed E-state index contributed by atoms with van der Waals surface area (Å²) in [4.78, 5) is 40.7. The first-order chi connectivity index (χ1) is 21.5. The Bertz CT molecular complexity index is 1960. The zero-order valence-electron chi connectivity index (χ0n) is 24.3. The molecule has 2 aromatic heterocycles. The van der Waals surface area contributed by atoms with Gasteiger partial charge in [-0.3, -0.25) is 14.3 Å². The number of rotatable bonds is 8. The van der Waals surface area contributed by atoms with Crippen LogP contribution in [0.15, 0.2) is 72.0 Å². The number of amides is 1. The van der Waals surface area contributed by atoms with Gasteiger partial charge in [0.15, 0.2) is 5.78 Å². The second kappa shape index (κ2) is 11.8. The van der Waals surface area contributed by atoms with E-state index in [9.17, 15) is 26.8 Å². The van der Waals surface area contributed by atoms with E-state index in [0.29, 0.717) is 41.6 Å². The van der Waals surface area contributed by atoms with Crippen LogP contribution in [0.1, 0.15) is 19.8 Å². The molecule has 2 aliphatic heterocycles. The smallest absolute Gasteiger partial charge is 0.264 e. The van der Waals surface area contributed by atoms with Gasteiger partial charge >= 0.3 is 0 Å². The molecule has 4 aromatic rings. The van der Waals surface area contributed by atoms with Crippen LogP contribution in [-0.4, -0.2) is 72.2 Å². The Kier molecular flexibility index (Phi) is 7.91. The number of ketones is 1. The number of hydrogen-bond acceptors (Lipinski definition) is 9. The van der Waals surface area contributed by atoms with Gasteiger partial charge in [0.25, 0.3) is 10.0 Å². The van der Waals surface area contributed by atoms with Crippen LogP contribution in [0.4, 0.5) is 20.3 Å². The molecule has 11 nitrogen and oxygen atoms in total. The summed E-state index contributed by atoms with van der Waals surface area (Å²) in [5.41, 5.74) is 1.85. The molecule has 2 saturated heterocycles. The summed E-state index contributed by atoms with van der Waals surface area (Å²) >= 11 is 0. The number of fused-ring (bicyclic) bond motifs is 3. The van der Waals surface area contributed by atoms with Gasteiger partial charge in [-0.25, -0.2) is 32.2 Å². The highest BCUT2D eigenvalue weighted by molar-refractivity contribution is 7.92. The van der Waals surface area contributed by atoms with Crippen molar-refractivity contribution in [3.05, 3.63) is 78.8 Å². The molecule has 0 aliphatic carbocycles. The lowest BCUT2D eigenvalue weighted by Gasteiger charge is -2.41. The first-order valence-electron chi connectivity index (χ1n) is 14.1. The molecule has 1 amide bonds. The van der Waals surface area contributed by atoms with Crippen molar-refractivity contribution in [2.45, 2.75) is 36.7 Å². The molecular weight excluding hydrogens is 606 g/mol. The van der Waals surface area contributed by atoms with Gasteiger partial charge in [-0.15, -0.1) is 0 Å². The number of aromatic nitrogens is 3. The van der Waals surface area contributed by atoms with Gasteiger partial charge < -0.3 is 14.5 Å². The number of piperazine rings is 1. The predicted molar refractivity (Wildman–Crippen MR) is 162 cm³/mol. The van der Waals surface area contributed by atoms with E-state index in [2.05, 4.69) is 24.6 Å². The first-order valence-corrected chi connectivity index (χ1v) is 15.6. The van der Waals surface area contributed by atoms with Gasteiger partial charge in [-0.05, 0) is 61.7 Å². The third-order valence-corrected chi connectivity index (χ3v) is 9.32. The van der Waals surface area contributed by atoms with Crippen LogP contribution >= 0.6 is 0 Å². The number of carbonyl (C=O) groups excluding carboxylic acids is 2. The fourth-order valence-electron chi connectivity index (χ4n) is 5.92. The third kappa shape index (κ3) is 5.92. The number of halogens is 2. The highest BCUT2D eigenvalue weighted by Gasteiger charge is 2.42. The molecular formula is C31H28F2N6O5S. The van der Waals surface area contributed by atoms with Gasteiger partial charge in [0.1, 0.15) is 34.4 Å². The minimum absolute atomic E-state index is 0.0339. The highest BCUT2D eigenvalue weighted by atomic mass is 32.2. The quantitative estimate of drug-likeness (QED) is 0.284. The maximum Gasteiger partial charge on any atom is 0.264 e. The second-order valence-corrected chi connectivity index (χ2v) is 12.5. The summed E-state index contributed by atoms with van der Waals surface area (Å²) < 4.78 is 61.3. The normalized spacial score (nSPS) is 18.0. The van der Waals surface area contributed by atoms with E-state index in [0.717, 1.165) is 30.4 Å². The zero-order valence-corrected chi connectivity index (χ0v) is 25.1. The van der Waals surface area contributed by atoms with E-state index >= 15 is 0 Å². The standard InChI is InChI=1S/C31H28F2N6O5S/c1-18(40)3-10-29(41)39-22-6-7-23(39)16-38(15-22)30-24-11-19(4-8-26(24)35-17-36-30)20-12-27(31(44-2)34-14-20)37-45(42,43)28-9-5-21(32)13-25(28)33/h3-5,8-14,17,22-23,37H,6-7,15-16H2,1-2H3/b10-3+. The lowest BCUT2D eigenvalue weighted by molar-refractivity contribution is -0.129. The maximum absolute atomic E-state index is 14.3. The van der Waals surface area contributed by atoms with Gasteiger partial charge in [0, 0.05) is 54.5 Å². The van der Waals surface area contributed by atoms with E-state index in [1.807, 2.05) is 23.1 Å². The molecule has 2 aliphatic rings. The van der Waals surface area contributed by atoms with Crippen LogP contribution < -0.4 is 14.4 Å². The van der Waals surface area contributed by atoms with E-state index < -0.39 is 26.6 Å². The molecule has 2 atom stereocenters.